The molecule has 0 spiro atoms. The lowest BCUT2D eigenvalue weighted by molar-refractivity contribution is 0.360. The number of pyridine rings is 1. The van der Waals surface area contributed by atoms with Gasteiger partial charge in [0.1, 0.15) is 11.9 Å². The topological polar surface area (TPSA) is 102 Å². The normalized spacial score (nSPS) is 14.7. The van der Waals surface area contributed by atoms with E-state index in [9.17, 15) is 0 Å². The largest absolute Gasteiger partial charge is 0.358 e. The van der Waals surface area contributed by atoms with E-state index in [0.717, 1.165) is 54.4 Å². The van der Waals surface area contributed by atoms with Crippen LogP contribution >= 0.6 is 0 Å². The quantitative estimate of drug-likeness (QED) is 0.674. The van der Waals surface area contributed by atoms with Crippen molar-refractivity contribution in [2.75, 3.05) is 11.9 Å². The minimum atomic E-state index is -0.149. The van der Waals surface area contributed by atoms with Crippen molar-refractivity contribution in [3.63, 3.8) is 0 Å². The highest BCUT2D eigenvalue weighted by Gasteiger charge is 2.22. The van der Waals surface area contributed by atoms with Crippen molar-refractivity contribution >= 4 is 5.82 Å². The maximum atomic E-state index is 5.47. The lowest BCUT2D eigenvalue weighted by atomic mass is 10.1. The van der Waals surface area contributed by atoms with Gasteiger partial charge in [0.15, 0.2) is 11.6 Å². The smallest absolute Gasteiger partial charge is 0.248 e. The fourth-order valence-electron chi connectivity index (χ4n) is 3.26. The van der Waals surface area contributed by atoms with Crippen LogP contribution in [-0.2, 0) is 19.4 Å². The van der Waals surface area contributed by atoms with Crippen molar-refractivity contribution in [3.8, 4) is 11.4 Å². The minimum Gasteiger partial charge on any atom is -0.358 e. The van der Waals surface area contributed by atoms with Gasteiger partial charge >= 0.3 is 0 Å². The summed E-state index contributed by atoms with van der Waals surface area (Å²) < 4.78 is 5.47. The summed E-state index contributed by atoms with van der Waals surface area (Å²) in [6.07, 6.45) is 5.20. The number of fused-ring (bicyclic) bond motifs is 1. The number of hydrogen-bond acceptors (Lipinski definition) is 8. The highest BCUT2D eigenvalue weighted by Crippen LogP contribution is 2.27. The van der Waals surface area contributed by atoms with Gasteiger partial charge in [0.25, 0.3) is 0 Å². The second-order valence-corrected chi connectivity index (χ2v) is 7.50. The molecule has 146 valence electrons. The molecule has 0 fully saturated rings. The Bertz CT molecular complexity index is 939. The molecule has 0 aromatic carbocycles. The van der Waals surface area contributed by atoms with Gasteiger partial charge in [-0.1, -0.05) is 19.0 Å². The van der Waals surface area contributed by atoms with Crippen LogP contribution in [0, 0.1) is 5.92 Å². The Kier molecular flexibility index (Phi) is 5.29. The molecule has 8 nitrogen and oxygen atoms in total. The zero-order valence-electron chi connectivity index (χ0n) is 16.4. The molecule has 4 heterocycles. The summed E-state index contributed by atoms with van der Waals surface area (Å²) in [5.74, 6) is 3.28. The monoisotopic (exact) mass is 379 g/mol. The van der Waals surface area contributed by atoms with Gasteiger partial charge in [0, 0.05) is 36.5 Å². The van der Waals surface area contributed by atoms with E-state index in [2.05, 4.69) is 39.6 Å². The fraction of sp³-hybridized carbons (Fsp3) is 0.450. The van der Waals surface area contributed by atoms with Crippen molar-refractivity contribution in [2.45, 2.75) is 46.2 Å². The fourth-order valence-corrected chi connectivity index (χ4v) is 3.26. The van der Waals surface area contributed by atoms with Crippen LogP contribution in [0.4, 0.5) is 5.82 Å². The number of nitrogens with one attached hydrogen (secondary N) is 2. The number of rotatable bonds is 6. The molecule has 4 rings (SSSR count). The SMILES string of the molecule is CC(C)Cc1noc([C@H](C)Nc2nc(-c3cccnc3)nc3c2CCNC3)n1. The van der Waals surface area contributed by atoms with E-state index in [1.807, 2.05) is 19.1 Å². The summed E-state index contributed by atoms with van der Waals surface area (Å²) in [6.45, 7) is 7.92. The average molecular weight is 379 g/mol. The lowest BCUT2D eigenvalue weighted by Crippen LogP contribution is -2.27. The average Bonchev–Trinajstić information content (AvgIpc) is 3.16. The van der Waals surface area contributed by atoms with Crippen LogP contribution in [0.25, 0.3) is 11.4 Å². The summed E-state index contributed by atoms with van der Waals surface area (Å²) in [7, 11) is 0. The van der Waals surface area contributed by atoms with E-state index in [1.165, 1.54) is 0 Å². The molecular weight excluding hydrogens is 354 g/mol. The Hall–Kier alpha value is -2.87. The van der Waals surface area contributed by atoms with Crippen molar-refractivity contribution in [3.05, 3.63) is 47.5 Å². The standard InChI is InChI=1S/C20H25N7O/c1-12(2)9-17-25-20(28-27-17)13(3)23-19-15-6-8-22-11-16(15)24-18(26-19)14-5-4-7-21-10-14/h4-5,7,10,12-13,22H,6,8-9,11H2,1-3H3,(H,23,24,26)/t13-/m0/s1. The van der Waals surface area contributed by atoms with E-state index in [0.29, 0.717) is 17.6 Å². The highest BCUT2D eigenvalue weighted by molar-refractivity contribution is 5.59. The summed E-state index contributed by atoms with van der Waals surface area (Å²) in [5, 5.41) is 10.9. The van der Waals surface area contributed by atoms with E-state index < -0.39 is 0 Å². The molecule has 0 saturated heterocycles. The third-order valence-corrected chi connectivity index (χ3v) is 4.65. The highest BCUT2D eigenvalue weighted by atomic mass is 16.5. The number of aromatic nitrogens is 5. The summed E-state index contributed by atoms with van der Waals surface area (Å²) in [4.78, 5) is 18.3. The number of hydrogen-bond donors (Lipinski definition) is 2. The van der Waals surface area contributed by atoms with Gasteiger partial charge in [0.05, 0.1) is 5.69 Å². The van der Waals surface area contributed by atoms with Crippen LogP contribution in [0.1, 0.15) is 49.8 Å². The molecule has 0 amide bonds. The predicted molar refractivity (Wildman–Crippen MR) is 106 cm³/mol. The molecule has 1 aliphatic rings. The second-order valence-electron chi connectivity index (χ2n) is 7.50. The second kappa shape index (κ2) is 8.02. The van der Waals surface area contributed by atoms with E-state index in [-0.39, 0.29) is 6.04 Å². The molecule has 28 heavy (non-hydrogen) atoms. The molecule has 0 radical (unpaired) electrons. The van der Waals surface area contributed by atoms with Crippen LogP contribution in [0.15, 0.2) is 29.0 Å². The predicted octanol–water partition coefficient (Wildman–Crippen LogP) is 2.94. The lowest BCUT2D eigenvalue weighted by Gasteiger charge is -2.22. The Morgan fingerprint density at radius 2 is 2.11 bits per heavy atom. The van der Waals surface area contributed by atoms with Gasteiger partial charge in [0.2, 0.25) is 5.89 Å². The Morgan fingerprint density at radius 1 is 1.21 bits per heavy atom. The van der Waals surface area contributed by atoms with Crippen molar-refractivity contribution < 1.29 is 4.52 Å². The van der Waals surface area contributed by atoms with E-state index in [4.69, 9.17) is 14.5 Å². The molecule has 1 atom stereocenters. The molecule has 0 bridgehead atoms. The molecule has 0 saturated carbocycles. The van der Waals surface area contributed by atoms with Crippen LogP contribution in [-0.4, -0.2) is 31.6 Å². The molecule has 8 heteroatoms. The summed E-state index contributed by atoms with van der Waals surface area (Å²) in [6, 6.07) is 3.71. The van der Waals surface area contributed by atoms with Gasteiger partial charge < -0.3 is 15.2 Å². The summed E-state index contributed by atoms with van der Waals surface area (Å²) >= 11 is 0. The number of anilines is 1. The van der Waals surface area contributed by atoms with Crippen molar-refractivity contribution in [2.24, 2.45) is 5.92 Å². The van der Waals surface area contributed by atoms with Crippen LogP contribution in [0.2, 0.25) is 0 Å². The van der Waals surface area contributed by atoms with E-state index in [1.54, 1.807) is 12.4 Å². The first-order valence-corrected chi connectivity index (χ1v) is 9.70. The minimum absolute atomic E-state index is 0.149. The summed E-state index contributed by atoms with van der Waals surface area (Å²) in [5.41, 5.74) is 3.05. The van der Waals surface area contributed by atoms with Gasteiger partial charge in [-0.25, -0.2) is 9.97 Å². The van der Waals surface area contributed by atoms with Crippen molar-refractivity contribution in [1.82, 2.24) is 30.4 Å². The first-order chi connectivity index (χ1) is 13.6. The van der Waals surface area contributed by atoms with Crippen LogP contribution < -0.4 is 10.6 Å². The van der Waals surface area contributed by atoms with E-state index >= 15 is 0 Å². The first-order valence-electron chi connectivity index (χ1n) is 9.70. The molecule has 0 aliphatic carbocycles. The molecule has 3 aromatic rings. The maximum Gasteiger partial charge on any atom is 0.248 e. The van der Waals surface area contributed by atoms with Gasteiger partial charge in [-0.15, -0.1) is 0 Å². The Labute approximate surface area is 164 Å². The van der Waals surface area contributed by atoms with Crippen LogP contribution in [0.3, 0.4) is 0 Å². The molecule has 0 unspecified atom stereocenters. The van der Waals surface area contributed by atoms with Crippen molar-refractivity contribution in [1.29, 1.82) is 0 Å². The zero-order chi connectivity index (χ0) is 19.5. The van der Waals surface area contributed by atoms with Gasteiger partial charge in [-0.3, -0.25) is 4.98 Å². The molecular formula is C20H25N7O. The molecule has 2 N–H and O–H groups in total. The van der Waals surface area contributed by atoms with Gasteiger partial charge in [-0.2, -0.15) is 4.98 Å². The molecule has 1 aliphatic heterocycles. The zero-order valence-corrected chi connectivity index (χ0v) is 16.4. The Morgan fingerprint density at radius 3 is 2.89 bits per heavy atom. The number of nitrogens with zero attached hydrogens (tertiary/aromatic N) is 5. The maximum absolute atomic E-state index is 5.47. The third-order valence-electron chi connectivity index (χ3n) is 4.65. The van der Waals surface area contributed by atoms with Gasteiger partial charge in [-0.05, 0) is 37.9 Å². The third kappa shape index (κ3) is 4.01. The Balaban J connectivity index is 1.63. The first kappa shape index (κ1) is 18.5. The molecule has 3 aromatic heterocycles. The van der Waals surface area contributed by atoms with Crippen LogP contribution in [0.5, 0.6) is 0 Å².